The van der Waals surface area contributed by atoms with Gasteiger partial charge in [-0.25, -0.2) is 8.78 Å². The monoisotopic (exact) mass is 565 g/mol. The molecule has 2 saturated heterocycles. The highest BCUT2D eigenvalue weighted by molar-refractivity contribution is 7.59. The number of carbonyl (C=O) groups excluding carboxylic acids is 2. The number of carbonyl (C=O) groups is 2. The zero-order valence-electron chi connectivity index (χ0n) is 22.4. The summed E-state index contributed by atoms with van der Waals surface area (Å²) in [7, 11) is 2.15. The number of hydrogen-bond donors (Lipinski definition) is 0. The average Bonchev–Trinajstić information content (AvgIpc) is 3.27. The number of amides is 1. The second kappa shape index (κ2) is 12.4. The first kappa shape index (κ1) is 29.6. The Morgan fingerprint density at radius 1 is 1.02 bits per heavy atom. The standard InChI is InChI=1S/C30H31F2N5O2.H2S/c1-35-12-14-36(15-13-35)19-21-2-4-22(5-3-21)23-6-7-27-26(16-23)25(10-11-34-27)28(38)8-9-29(39)37-20-30(31,32)17-24(37)18-33;/h2-7,10-11,16,24H,8-9,12-15,17,19-20H2,1H3;1H2/t24-;/m0./s1. The number of alkyl halides is 2. The van der Waals surface area contributed by atoms with Crippen molar-refractivity contribution in [2.45, 2.75) is 37.8 Å². The van der Waals surface area contributed by atoms with Crippen LogP contribution in [0.2, 0.25) is 0 Å². The van der Waals surface area contributed by atoms with E-state index in [1.54, 1.807) is 18.3 Å². The number of pyridine rings is 1. The van der Waals surface area contributed by atoms with Gasteiger partial charge >= 0.3 is 0 Å². The van der Waals surface area contributed by atoms with Gasteiger partial charge in [-0.05, 0) is 41.9 Å². The van der Waals surface area contributed by atoms with Crippen molar-refractivity contribution in [1.29, 1.82) is 5.26 Å². The fourth-order valence-corrected chi connectivity index (χ4v) is 5.33. The van der Waals surface area contributed by atoms with Crippen molar-refractivity contribution < 1.29 is 18.4 Å². The number of benzene rings is 2. The minimum atomic E-state index is -3.08. The number of halogens is 2. The van der Waals surface area contributed by atoms with E-state index in [0.717, 1.165) is 48.8 Å². The Kier molecular flexibility index (Phi) is 9.19. The van der Waals surface area contributed by atoms with Crippen molar-refractivity contribution >= 4 is 36.1 Å². The molecule has 0 saturated carbocycles. The average molecular weight is 566 g/mol. The predicted molar refractivity (Wildman–Crippen MR) is 155 cm³/mol. The first-order valence-electron chi connectivity index (χ1n) is 13.2. The maximum atomic E-state index is 13.7. The van der Waals surface area contributed by atoms with Gasteiger partial charge in [-0.1, -0.05) is 30.3 Å². The molecule has 1 aromatic heterocycles. The number of piperazine rings is 1. The number of likely N-dealkylation sites (tertiary alicyclic amines) is 1. The molecular formula is C30H33F2N5O2S. The lowest BCUT2D eigenvalue weighted by Gasteiger charge is -2.32. The molecule has 2 aliphatic rings. The lowest BCUT2D eigenvalue weighted by atomic mass is 9.97. The van der Waals surface area contributed by atoms with Gasteiger partial charge in [-0.2, -0.15) is 18.8 Å². The molecular weight excluding hydrogens is 532 g/mol. The van der Waals surface area contributed by atoms with Gasteiger partial charge in [0.15, 0.2) is 5.78 Å². The second-order valence-electron chi connectivity index (χ2n) is 10.5. The molecule has 2 fully saturated rings. The highest BCUT2D eigenvalue weighted by Gasteiger charge is 2.47. The Balaban J connectivity index is 0.00000370. The molecule has 1 amide bonds. The van der Waals surface area contributed by atoms with E-state index in [-0.39, 0.29) is 32.1 Å². The van der Waals surface area contributed by atoms with Crippen molar-refractivity contribution in [1.82, 2.24) is 19.7 Å². The first-order chi connectivity index (χ1) is 18.7. The zero-order valence-corrected chi connectivity index (χ0v) is 23.4. The second-order valence-corrected chi connectivity index (χ2v) is 10.5. The Morgan fingerprint density at radius 2 is 1.73 bits per heavy atom. The van der Waals surface area contributed by atoms with Gasteiger partial charge in [0, 0.05) is 69.1 Å². The molecule has 5 rings (SSSR count). The highest BCUT2D eigenvalue weighted by atomic mass is 32.1. The fraction of sp³-hybridized carbons (Fsp3) is 0.400. The summed E-state index contributed by atoms with van der Waals surface area (Å²) in [6.45, 7) is 4.40. The molecule has 0 aliphatic carbocycles. The van der Waals surface area contributed by atoms with Crippen LogP contribution in [0.25, 0.3) is 22.0 Å². The number of hydrogen-bond acceptors (Lipinski definition) is 6. The van der Waals surface area contributed by atoms with Crippen LogP contribution in [0.1, 0.15) is 35.2 Å². The molecule has 0 unspecified atom stereocenters. The number of nitrogens with zero attached hydrogens (tertiary/aromatic N) is 5. The van der Waals surface area contributed by atoms with E-state index in [4.69, 9.17) is 5.26 Å². The summed E-state index contributed by atoms with van der Waals surface area (Å²) < 4.78 is 27.5. The number of rotatable bonds is 7. The van der Waals surface area contributed by atoms with Gasteiger partial charge in [0.1, 0.15) is 6.04 Å². The van der Waals surface area contributed by atoms with E-state index in [2.05, 4.69) is 46.1 Å². The van der Waals surface area contributed by atoms with Crippen LogP contribution in [0, 0.1) is 11.3 Å². The molecule has 0 radical (unpaired) electrons. The summed E-state index contributed by atoms with van der Waals surface area (Å²) in [5.41, 5.74) is 4.31. The van der Waals surface area contributed by atoms with Crippen molar-refractivity contribution in [2.75, 3.05) is 39.8 Å². The lowest BCUT2D eigenvalue weighted by Crippen LogP contribution is -2.43. The van der Waals surface area contributed by atoms with Gasteiger partial charge < -0.3 is 9.80 Å². The molecule has 210 valence electrons. The van der Waals surface area contributed by atoms with Crippen LogP contribution in [-0.4, -0.2) is 83.1 Å². The third-order valence-electron chi connectivity index (χ3n) is 7.64. The summed E-state index contributed by atoms with van der Waals surface area (Å²) in [4.78, 5) is 35.8. The lowest BCUT2D eigenvalue weighted by molar-refractivity contribution is -0.132. The molecule has 3 aromatic rings. The van der Waals surface area contributed by atoms with Gasteiger partial charge in [-0.15, -0.1) is 0 Å². The third kappa shape index (κ3) is 6.66. The number of likely N-dealkylation sites (N-methyl/N-ethyl adjacent to an activating group) is 1. The van der Waals surface area contributed by atoms with Crippen molar-refractivity contribution in [3.05, 3.63) is 65.9 Å². The smallest absolute Gasteiger partial charge is 0.268 e. The van der Waals surface area contributed by atoms with Gasteiger partial charge in [0.25, 0.3) is 5.92 Å². The molecule has 3 heterocycles. The molecule has 2 aliphatic heterocycles. The van der Waals surface area contributed by atoms with Crippen LogP contribution in [0.5, 0.6) is 0 Å². The Hall–Kier alpha value is -3.39. The van der Waals surface area contributed by atoms with Gasteiger partial charge in [0.05, 0.1) is 18.1 Å². The Bertz CT molecular complexity index is 1420. The Morgan fingerprint density at radius 3 is 2.42 bits per heavy atom. The van der Waals surface area contributed by atoms with E-state index in [1.165, 1.54) is 5.56 Å². The fourth-order valence-electron chi connectivity index (χ4n) is 5.33. The molecule has 10 heteroatoms. The molecule has 7 nitrogen and oxygen atoms in total. The van der Waals surface area contributed by atoms with E-state index in [0.29, 0.717) is 16.5 Å². The van der Waals surface area contributed by atoms with Crippen LogP contribution < -0.4 is 0 Å². The number of fused-ring (bicyclic) bond motifs is 1. The third-order valence-corrected chi connectivity index (χ3v) is 7.64. The normalized spacial score (nSPS) is 19.2. The summed E-state index contributed by atoms with van der Waals surface area (Å²) in [6.07, 6.45) is 0.517. The maximum absolute atomic E-state index is 13.7. The van der Waals surface area contributed by atoms with Crippen LogP contribution in [-0.2, 0) is 11.3 Å². The van der Waals surface area contributed by atoms with Crippen molar-refractivity contribution in [2.24, 2.45) is 0 Å². The SMILES string of the molecule is CN1CCN(Cc2ccc(-c3ccc4nccc(C(=O)CCC(=O)N5CC(F)(F)C[C@H]5C#N)c4c3)cc2)CC1.S. The summed E-state index contributed by atoms with van der Waals surface area (Å²) in [6, 6.07) is 16.4. The van der Waals surface area contributed by atoms with Gasteiger partial charge in [-0.3, -0.25) is 19.5 Å². The summed E-state index contributed by atoms with van der Waals surface area (Å²) >= 11 is 0. The number of ketones is 1. The quantitative estimate of drug-likeness (QED) is 0.393. The zero-order chi connectivity index (χ0) is 27.6. The van der Waals surface area contributed by atoms with Crippen LogP contribution in [0.3, 0.4) is 0 Å². The molecule has 0 bridgehead atoms. The molecule has 0 N–H and O–H groups in total. The Labute approximate surface area is 239 Å². The molecule has 2 aromatic carbocycles. The van der Waals surface area contributed by atoms with Crippen LogP contribution >= 0.6 is 13.5 Å². The van der Waals surface area contributed by atoms with Crippen LogP contribution in [0.4, 0.5) is 8.78 Å². The minimum absolute atomic E-state index is 0. The topological polar surface area (TPSA) is 80.5 Å². The number of aromatic nitrogens is 1. The van der Waals surface area contributed by atoms with Crippen molar-refractivity contribution in [3.8, 4) is 17.2 Å². The number of Topliss-reactive ketones (excluding diaryl/α,β-unsaturated/α-hetero) is 1. The molecule has 0 spiro atoms. The summed E-state index contributed by atoms with van der Waals surface area (Å²) in [5.74, 6) is -3.96. The van der Waals surface area contributed by atoms with Crippen LogP contribution in [0.15, 0.2) is 54.7 Å². The van der Waals surface area contributed by atoms with E-state index < -0.39 is 30.8 Å². The van der Waals surface area contributed by atoms with Gasteiger partial charge in [0.2, 0.25) is 5.91 Å². The first-order valence-corrected chi connectivity index (χ1v) is 13.2. The summed E-state index contributed by atoms with van der Waals surface area (Å²) in [5, 5.41) is 9.83. The predicted octanol–water partition coefficient (Wildman–Crippen LogP) is 4.48. The largest absolute Gasteiger partial charge is 0.320 e. The maximum Gasteiger partial charge on any atom is 0.268 e. The molecule has 40 heavy (non-hydrogen) atoms. The van der Waals surface area contributed by atoms with Crippen molar-refractivity contribution in [3.63, 3.8) is 0 Å². The van der Waals surface area contributed by atoms with E-state index >= 15 is 0 Å². The van der Waals surface area contributed by atoms with E-state index in [1.807, 2.05) is 18.2 Å². The number of nitriles is 1. The highest BCUT2D eigenvalue weighted by Crippen LogP contribution is 2.32. The van der Waals surface area contributed by atoms with E-state index in [9.17, 15) is 18.4 Å². The molecule has 1 atom stereocenters. The minimum Gasteiger partial charge on any atom is -0.320 e.